The van der Waals surface area contributed by atoms with Crippen LogP contribution in [0.25, 0.3) is 0 Å². The summed E-state index contributed by atoms with van der Waals surface area (Å²) < 4.78 is 11.9. The van der Waals surface area contributed by atoms with Crippen LogP contribution in [0.1, 0.15) is 32.6 Å². The van der Waals surface area contributed by atoms with E-state index in [2.05, 4.69) is 21.5 Å². The zero-order chi connectivity index (χ0) is 13.4. The molecule has 1 fully saturated rings. The summed E-state index contributed by atoms with van der Waals surface area (Å²) >= 11 is 0. The molecule has 2 N–H and O–H groups in total. The standard InChI is InChI=1S/C13H23N3OS/c1-4-9-15-13(14-3)16-11-7-6-8-12(10-11)18(17)5-2/h1,11-12H,5-10H2,2-3H3,(H2,14,15,16). The molecular formula is C13H23N3OS. The van der Waals surface area contributed by atoms with Crippen molar-refractivity contribution in [1.29, 1.82) is 0 Å². The van der Waals surface area contributed by atoms with Gasteiger partial charge >= 0.3 is 0 Å². The topological polar surface area (TPSA) is 53.5 Å². The van der Waals surface area contributed by atoms with Crippen LogP contribution in [-0.2, 0) is 10.8 Å². The number of aliphatic imine (C=N–C) groups is 1. The molecule has 1 aliphatic carbocycles. The Morgan fingerprint density at radius 3 is 2.94 bits per heavy atom. The van der Waals surface area contributed by atoms with Gasteiger partial charge in [0.15, 0.2) is 5.96 Å². The first-order chi connectivity index (χ1) is 8.71. The first-order valence-corrected chi connectivity index (χ1v) is 7.87. The lowest BCUT2D eigenvalue weighted by Gasteiger charge is -2.30. The number of guanidine groups is 1. The molecule has 3 unspecified atom stereocenters. The van der Waals surface area contributed by atoms with E-state index in [4.69, 9.17) is 6.42 Å². The first kappa shape index (κ1) is 15.0. The lowest BCUT2D eigenvalue weighted by molar-refractivity contribution is 0.414. The van der Waals surface area contributed by atoms with Crippen molar-refractivity contribution in [3.8, 4) is 12.3 Å². The molecule has 0 aromatic heterocycles. The number of rotatable bonds is 4. The van der Waals surface area contributed by atoms with Crippen LogP contribution in [-0.4, -0.2) is 40.8 Å². The predicted octanol–water partition coefficient (Wildman–Crippen LogP) is 0.864. The van der Waals surface area contributed by atoms with E-state index in [-0.39, 0.29) is 0 Å². The van der Waals surface area contributed by atoms with Crippen molar-refractivity contribution in [3.63, 3.8) is 0 Å². The van der Waals surface area contributed by atoms with Gasteiger partial charge in [-0.15, -0.1) is 6.42 Å². The molecule has 18 heavy (non-hydrogen) atoms. The van der Waals surface area contributed by atoms with Crippen LogP contribution in [0.15, 0.2) is 4.99 Å². The molecule has 0 aromatic rings. The van der Waals surface area contributed by atoms with Crippen LogP contribution >= 0.6 is 0 Å². The molecule has 102 valence electrons. The molecule has 1 aliphatic rings. The highest BCUT2D eigenvalue weighted by Crippen LogP contribution is 2.22. The van der Waals surface area contributed by atoms with Gasteiger partial charge in [-0.3, -0.25) is 9.20 Å². The molecule has 0 spiro atoms. The highest BCUT2D eigenvalue weighted by atomic mass is 32.2. The molecule has 0 radical (unpaired) electrons. The second kappa shape index (κ2) is 8.15. The smallest absolute Gasteiger partial charge is 0.191 e. The quantitative estimate of drug-likeness (QED) is 0.452. The number of hydrogen-bond donors (Lipinski definition) is 2. The lowest BCUT2D eigenvalue weighted by Crippen LogP contribution is -2.46. The first-order valence-electron chi connectivity index (χ1n) is 6.49. The zero-order valence-electron chi connectivity index (χ0n) is 11.2. The fraction of sp³-hybridized carbons (Fsp3) is 0.769. The summed E-state index contributed by atoms with van der Waals surface area (Å²) in [5.74, 6) is 4.01. The monoisotopic (exact) mass is 269 g/mol. The van der Waals surface area contributed by atoms with Gasteiger partial charge in [-0.1, -0.05) is 19.3 Å². The van der Waals surface area contributed by atoms with E-state index < -0.39 is 10.8 Å². The maximum absolute atomic E-state index is 11.9. The summed E-state index contributed by atoms with van der Waals surface area (Å²) in [5.41, 5.74) is 0. The minimum atomic E-state index is -0.689. The molecule has 4 nitrogen and oxygen atoms in total. The van der Waals surface area contributed by atoms with Crippen LogP contribution in [0.3, 0.4) is 0 Å². The molecule has 1 saturated carbocycles. The highest BCUT2D eigenvalue weighted by molar-refractivity contribution is 7.85. The third-order valence-corrected chi connectivity index (χ3v) is 4.95. The predicted molar refractivity (Wildman–Crippen MR) is 78.1 cm³/mol. The molecule has 0 bridgehead atoms. The Labute approximate surface area is 112 Å². The molecule has 1 rings (SSSR count). The Balaban J connectivity index is 2.46. The minimum absolute atomic E-state index is 0.326. The molecule has 0 aromatic carbocycles. The van der Waals surface area contributed by atoms with Gasteiger partial charge in [0.1, 0.15) is 0 Å². The Morgan fingerprint density at radius 2 is 2.33 bits per heavy atom. The summed E-state index contributed by atoms with van der Waals surface area (Å²) in [6.45, 7) is 2.46. The molecule has 3 atom stereocenters. The van der Waals surface area contributed by atoms with E-state index in [0.29, 0.717) is 17.8 Å². The van der Waals surface area contributed by atoms with Crippen molar-refractivity contribution < 1.29 is 4.21 Å². The van der Waals surface area contributed by atoms with Crippen LogP contribution in [0.5, 0.6) is 0 Å². The van der Waals surface area contributed by atoms with E-state index >= 15 is 0 Å². The number of nitrogens with one attached hydrogen (secondary N) is 2. The van der Waals surface area contributed by atoms with E-state index in [1.54, 1.807) is 7.05 Å². The van der Waals surface area contributed by atoms with Crippen molar-refractivity contribution in [1.82, 2.24) is 10.6 Å². The van der Waals surface area contributed by atoms with E-state index in [0.717, 1.165) is 37.4 Å². The minimum Gasteiger partial charge on any atom is -0.354 e. The Morgan fingerprint density at radius 1 is 1.56 bits per heavy atom. The molecule has 0 aliphatic heterocycles. The highest BCUT2D eigenvalue weighted by Gasteiger charge is 2.25. The summed E-state index contributed by atoms with van der Waals surface area (Å²) in [6.07, 6.45) is 9.47. The van der Waals surface area contributed by atoms with Crippen LogP contribution in [0.2, 0.25) is 0 Å². The van der Waals surface area contributed by atoms with Crippen molar-refractivity contribution in [2.45, 2.75) is 43.9 Å². The Kier molecular flexibility index (Phi) is 6.81. The normalized spacial score (nSPS) is 26.2. The Bertz CT molecular complexity index is 349. The van der Waals surface area contributed by atoms with E-state index in [1.807, 2.05) is 6.92 Å². The van der Waals surface area contributed by atoms with Gasteiger partial charge in [0.2, 0.25) is 0 Å². The number of nitrogens with zero attached hydrogens (tertiary/aromatic N) is 1. The van der Waals surface area contributed by atoms with Gasteiger partial charge in [0.25, 0.3) is 0 Å². The van der Waals surface area contributed by atoms with Crippen molar-refractivity contribution in [2.75, 3.05) is 19.3 Å². The second-order valence-electron chi connectivity index (χ2n) is 4.43. The fourth-order valence-corrected chi connectivity index (χ4v) is 3.62. The third kappa shape index (κ3) is 4.69. The maximum Gasteiger partial charge on any atom is 0.191 e. The van der Waals surface area contributed by atoms with Crippen molar-refractivity contribution in [2.24, 2.45) is 4.99 Å². The average molecular weight is 269 g/mol. The maximum atomic E-state index is 11.9. The average Bonchev–Trinajstić information content (AvgIpc) is 2.42. The molecule has 0 amide bonds. The van der Waals surface area contributed by atoms with Gasteiger partial charge < -0.3 is 10.6 Å². The SMILES string of the molecule is C#CCNC(=NC)NC1CCCC(S(=O)CC)C1. The van der Waals surface area contributed by atoms with E-state index in [1.165, 1.54) is 0 Å². The van der Waals surface area contributed by atoms with Crippen molar-refractivity contribution >= 4 is 16.8 Å². The molecule has 0 saturated heterocycles. The zero-order valence-corrected chi connectivity index (χ0v) is 12.1. The summed E-state index contributed by atoms with van der Waals surface area (Å²) in [4.78, 5) is 4.13. The van der Waals surface area contributed by atoms with Gasteiger partial charge in [0, 0.05) is 34.9 Å². The van der Waals surface area contributed by atoms with Crippen molar-refractivity contribution in [3.05, 3.63) is 0 Å². The summed E-state index contributed by atoms with van der Waals surface area (Å²) in [6, 6.07) is 0.350. The fourth-order valence-electron chi connectivity index (χ4n) is 2.27. The van der Waals surface area contributed by atoms with Crippen LogP contribution in [0, 0.1) is 12.3 Å². The molecule has 5 heteroatoms. The third-order valence-electron chi connectivity index (χ3n) is 3.20. The largest absolute Gasteiger partial charge is 0.354 e. The van der Waals surface area contributed by atoms with Gasteiger partial charge in [-0.2, -0.15) is 0 Å². The Hall–Kier alpha value is -1.02. The van der Waals surface area contributed by atoms with Crippen LogP contribution in [0.4, 0.5) is 0 Å². The van der Waals surface area contributed by atoms with Gasteiger partial charge in [-0.05, 0) is 19.3 Å². The molecular weight excluding hydrogens is 246 g/mol. The number of terminal acetylenes is 1. The summed E-state index contributed by atoms with van der Waals surface area (Å²) in [7, 11) is 1.04. The summed E-state index contributed by atoms with van der Waals surface area (Å²) in [5, 5.41) is 6.74. The molecule has 0 heterocycles. The van der Waals surface area contributed by atoms with Crippen LogP contribution < -0.4 is 10.6 Å². The lowest BCUT2D eigenvalue weighted by atomic mass is 9.95. The van der Waals surface area contributed by atoms with Gasteiger partial charge in [-0.25, -0.2) is 0 Å². The second-order valence-corrected chi connectivity index (χ2v) is 6.43. The van der Waals surface area contributed by atoms with E-state index in [9.17, 15) is 4.21 Å². The van der Waals surface area contributed by atoms with Gasteiger partial charge in [0.05, 0.1) is 6.54 Å². The number of hydrogen-bond acceptors (Lipinski definition) is 2.